The Labute approximate surface area is 173 Å². The van der Waals surface area contributed by atoms with Crippen LogP contribution in [0.1, 0.15) is 22.4 Å². The molecule has 2 heterocycles. The van der Waals surface area contributed by atoms with Gasteiger partial charge in [-0.2, -0.15) is 9.78 Å². The average molecular weight is 419 g/mol. The number of hydrogen-bond donors (Lipinski definition) is 1. The third kappa shape index (κ3) is 4.29. The van der Waals surface area contributed by atoms with Crippen LogP contribution in [-0.2, 0) is 4.79 Å². The van der Waals surface area contributed by atoms with Gasteiger partial charge in [-0.05, 0) is 50.5 Å². The molecule has 2 aromatic heterocycles. The van der Waals surface area contributed by atoms with Crippen LogP contribution in [0, 0.1) is 27.7 Å². The maximum Gasteiger partial charge on any atom is 0.263 e. The van der Waals surface area contributed by atoms with Crippen molar-refractivity contribution in [2.45, 2.75) is 27.7 Å². The molecular weight excluding hydrogens is 399 g/mol. The van der Waals surface area contributed by atoms with Gasteiger partial charge in [-0.3, -0.25) is 4.79 Å². The zero-order chi connectivity index (χ0) is 20.4. The smallest absolute Gasteiger partial charge is 0.263 e. The molecule has 3 rings (SSSR count). The number of pyridine rings is 1. The number of amides is 1. The van der Waals surface area contributed by atoms with Crippen LogP contribution in [0.3, 0.4) is 0 Å². The second kappa shape index (κ2) is 8.20. The highest BCUT2D eigenvalue weighted by Crippen LogP contribution is 2.27. The Kier molecular flexibility index (Phi) is 5.91. The Hall–Kier alpha value is -2.57. The van der Waals surface area contributed by atoms with Crippen LogP contribution in [0.2, 0.25) is 10.0 Å². The van der Waals surface area contributed by atoms with E-state index in [0.717, 1.165) is 22.4 Å². The second-order valence-electron chi connectivity index (χ2n) is 6.53. The van der Waals surface area contributed by atoms with Gasteiger partial charge in [0.15, 0.2) is 12.4 Å². The molecule has 0 aliphatic rings. The molecule has 0 radical (unpaired) electrons. The predicted octanol–water partition coefficient (Wildman–Crippen LogP) is 4.83. The molecule has 0 saturated carbocycles. The Morgan fingerprint density at radius 3 is 2.57 bits per heavy atom. The molecule has 0 atom stereocenters. The fourth-order valence-corrected chi connectivity index (χ4v) is 3.24. The number of hydrogen-bond acceptors (Lipinski definition) is 4. The molecule has 0 fully saturated rings. The summed E-state index contributed by atoms with van der Waals surface area (Å²) in [7, 11) is 0. The normalized spacial score (nSPS) is 10.8. The van der Waals surface area contributed by atoms with E-state index in [1.54, 1.807) is 12.1 Å². The topological polar surface area (TPSA) is 69.0 Å². The van der Waals surface area contributed by atoms with E-state index in [1.165, 1.54) is 10.9 Å². The summed E-state index contributed by atoms with van der Waals surface area (Å²) in [5.41, 5.74) is 3.81. The summed E-state index contributed by atoms with van der Waals surface area (Å²) in [6.07, 6.45) is 1.47. The van der Waals surface area contributed by atoms with Crippen LogP contribution in [-0.4, -0.2) is 27.3 Å². The number of rotatable bonds is 5. The average Bonchev–Trinajstić information content (AvgIpc) is 2.98. The van der Waals surface area contributed by atoms with E-state index in [0.29, 0.717) is 27.4 Å². The highest BCUT2D eigenvalue weighted by molar-refractivity contribution is 6.35. The first kappa shape index (κ1) is 20.2. The van der Waals surface area contributed by atoms with Crippen LogP contribution < -0.4 is 10.1 Å². The Bertz CT molecular complexity index is 1050. The quantitative estimate of drug-likeness (QED) is 0.644. The molecule has 146 valence electrons. The number of aryl methyl sites for hydroxylation is 3. The number of halogens is 2. The summed E-state index contributed by atoms with van der Waals surface area (Å²) in [5, 5.41) is 7.90. The SMILES string of the molecule is Cc1cc(NC(=O)COc2c(C)ccc(C)c2C)n(-c2ncc(Cl)cc2Cl)n1. The van der Waals surface area contributed by atoms with Crippen molar-refractivity contribution in [3.8, 4) is 11.6 Å². The lowest BCUT2D eigenvalue weighted by atomic mass is 10.1. The molecule has 0 bridgehead atoms. The maximum absolute atomic E-state index is 12.5. The lowest BCUT2D eigenvalue weighted by Gasteiger charge is -2.14. The minimum Gasteiger partial charge on any atom is -0.483 e. The molecule has 0 unspecified atom stereocenters. The van der Waals surface area contributed by atoms with Crippen LogP contribution >= 0.6 is 23.2 Å². The molecular formula is C20H20Cl2N4O2. The van der Waals surface area contributed by atoms with Crippen molar-refractivity contribution >= 4 is 34.9 Å². The van der Waals surface area contributed by atoms with Crippen molar-refractivity contribution in [1.82, 2.24) is 14.8 Å². The van der Waals surface area contributed by atoms with Crippen LogP contribution in [0.25, 0.3) is 5.82 Å². The van der Waals surface area contributed by atoms with Gasteiger partial charge in [0.2, 0.25) is 0 Å². The highest BCUT2D eigenvalue weighted by atomic mass is 35.5. The fourth-order valence-electron chi connectivity index (χ4n) is 2.78. The van der Waals surface area contributed by atoms with Gasteiger partial charge >= 0.3 is 0 Å². The molecule has 1 aromatic carbocycles. The molecule has 1 N–H and O–H groups in total. The van der Waals surface area contributed by atoms with Gasteiger partial charge in [0.25, 0.3) is 5.91 Å². The summed E-state index contributed by atoms with van der Waals surface area (Å²) in [6.45, 7) is 7.61. The molecule has 0 aliphatic carbocycles. The summed E-state index contributed by atoms with van der Waals surface area (Å²) >= 11 is 12.1. The van der Waals surface area contributed by atoms with Gasteiger partial charge in [0, 0.05) is 12.3 Å². The van der Waals surface area contributed by atoms with Gasteiger partial charge in [0.05, 0.1) is 15.7 Å². The Morgan fingerprint density at radius 1 is 1.14 bits per heavy atom. The molecule has 0 spiro atoms. The van der Waals surface area contributed by atoms with Gasteiger partial charge in [-0.25, -0.2) is 4.98 Å². The van der Waals surface area contributed by atoms with E-state index in [2.05, 4.69) is 15.4 Å². The van der Waals surface area contributed by atoms with E-state index < -0.39 is 0 Å². The summed E-state index contributed by atoms with van der Waals surface area (Å²) < 4.78 is 7.24. The number of benzene rings is 1. The standard InChI is InChI=1S/C20H20Cl2N4O2/c1-11-5-6-12(2)19(14(11)4)28-10-18(27)24-17-7-13(3)25-26(17)20-16(22)8-15(21)9-23-20/h5-9H,10H2,1-4H3,(H,24,27). The first-order chi connectivity index (χ1) is 13.3. The lowest BCUT2D eigenvalue weighted by Crippen LogP contribution is -2.22. The van der Waals surface area contributed by atoms with E-state index in [1.807, 2.05) is 39.8 Å². The first-order valence-corrected chi connectivity index (χ1v) is 9.39. The van der Waals surface area contributed by atoms with Crippen LogP contribution in [0.4, 0.5) is 5.82 Å². The summed E-state index contributed by atoms with van der Waals surface area (Å²) in [5.74, 6) is 1.23. The van der Waals surface area contributed by atoms with Crippen molar-refractivity contribution < 1.29 is 9.53 Å². The number of nitrogens with zero attached hydrogens (tertiary/aromatic N) is 3. The molecule has 3 aromatic rings. The number of aromatic nitrogens is 3. The monoisotopic (exact) mass is 418 g/mol. The minimum atomic E-state index is -0.313. The number of nitrogens with one attached hydrogen (secondary N) is 1. The molecule has 6 nitrogen and oxygen atoms in total. The van der Waals surface area contributed by atoms with Gasteiger partial charge in [0.1, 0.15) is 11.6 Å². The number of carbonyl (C=O) groups is 1. The maximum atomic E-state index is 12.5. The molecule has 1 amide bonds. The van der Waals surface area contributed by atoms with Crippen molar-refractivity contribution in [2.24, 2.45) is 0 Å². The third-order valence-electron chi connectivity index (χ3n) is 4.31. The van der Waals surface area contributed by atoms with Gasteiger partial charge in [-0.1, -0.05) is 35.3 Å². The van der Waals surface area contributed by atoms with Crippen molar-refractivity contribution in [3.63, 3.8) is 0 Å². The van der Waals surface area contributed by atoms with E-state index >= 15 is 0 Å². The lowest BCUT2D eigenvalue weighted by molar-refractivity contribution is -0.118. The number of carbonyl (C=O) groups excluding carboxylic acids is 1. The first-order valence-electron chi connectivity index (χ1n) is 8.64. The van der Waals surface area contributed by atoms with Crippen LogP contribution in [0.15, 0.2) is 30.5 Å². The highest BCUT2D eigenvalue weighted by Gasteiger charge is 2.16. The summed E-state index contributed by atoms with van der Waals surface area (Å²) in [4.78, 5) is 16.7. The second-order valence-corrected chi connectivity index (χ2v) is 7.38. The van der Waals surface area contributed by atoms with Gasteiger partial charge < -0.3 is 10.1 Å². The zero-order valence-corrected chi connectivity index (χ0v) is 17.5. The van der Waals surface area contributed by atoms with Crippen molar-refractivity contribution in [3.05, 3.63) is 62.9 Å². The molecule has 0 aliphatic heterocycles. The van der Waals surface area contributed by atoms with Crippen molar-refractivity contribution in [1.29, 1.82) is 0 Å². The van der Waals surface area contributed by atoms with E-state index in [4.69, 9.17) is 27.9 Å². The van der Waals surface area contributed by atoms with Crippen molar-refractivity contribution in [2.75, 3.05) is 11.9 Å². The predicted molar refractivity (Wildman–Crippen MR) is 111 cm³/mol. The van der Waals surface area contributed by atoms with E-state index in [9.17, 15) is 4.79 Å². The third-order valence-corrected chi connectivity index (χ3v) is 4.79. The largest absolute Gasteiger partial charge is 0.483 e. The molecule has 0 saturated heterocycles. The van der Waals surface area contributed by atoms with Gasteiger partial charge in [-0.15, -0.1) is 0 Å². The van der Waals surface area contributed by atoms with Crippen LogP contribution in [0.5, 0.6) is 5.75 Å². The zero-order valence-electron chi connectivity index (χ0n) is 16.0. The number of anilines is 1. The van der Waals surface area contributed by atoms with E-state index in [-0.39, 0.29) is 12.5 Å². The minimum absolute atomic E-state index is 0.128. The Morgan fingerprint density at radius 2 is 1.86 bits per heavy atom. The molecule has 8 heteroatoms. The summed E-state index contributed by atoms with van der Waals surface area (Å²) in [6, 6.07) is 7.30. The Balaban J connectivity index is 1.78. The fraction of sp³-hybridized carbons (Fsp3) is 0.250. The molecule has 28 heavy (non-hydrogen) atoms. The number of ether oxygens (including phenoxy) is 1.